The average molecular weight is 326 g/mol. The summed E-state index contributed by atoms with van der Waals surface area (Å²) in [6.45, 7) is 6.09. The molecule has 2 rings (SSSR count). The molecule has 0 atom stereocenters. The maximum atomic E-state index is 11.4. The number of hydrogen-bond acceptors (Lipinski definition) is 4. The lowest BCUT2D eigenvalue weighted by Gasteiger charge is -2.11. The third-order valence-electron chi connectivity index (χ3n) is 3.16. The van der Waals surface area contributed by atoms with Gasteiger partial charge in [-0.15, -0.1) is 12.4 Å². The summed E-state index contributed by atoms with van der Waals surface area (Å²) in [5.41, 5.74) is 4.37. The van der Waals surface area contributed by atoms with Gasteiger partial charge in [-0.05, 0) is 37.0 Å². The normalized spacial score (nSPS) is 10.2. The van der Waals surface area contributed by atoms with Gasteiger partial charge in [-0.1, -0.05) is 25.6 Å². The lowest BCUT2D eigenvalue weighted by molar-refractivity contribution is 0.902. The molecule has 114 valence electrons. The van der Waals surface area contributed by atoms with Gasteiger partial charge in [0.2, 0.25) is 0 Å². The zero-order valence-corrected chi connectivity index (χ0v) is 14.1. The number of aryl methyl sites for hydroxylation is 3. The monoisotopic (exact) mass is 325 g/mol. The van der Waals surface area contributed by atoms with Gasteiger partial charge in [0.25, 0.3) is 5.56 Å². The largest absolute Gasteiger partial charge is 0.301 e. The van der Waals surface area contributed by atoms with Crippen LogP contribution in [0.25, 0.3) is 0 Å². The molecule has 2 aromatic rings. The first-order valence-electron chi connectivity index (χ1n) is 6.80. The fraction of sp³-hybridized carbons (Fsp3) is 0.400. The number of nitrogens with zero attached hydrogens (tertiary/aromatic N) is 2. The molecule has 1 N–H and O–H groups in total. The van der Waals surface area contributed by atoms with Crippen LogP contribution in [0.3, 0.4) is 0 Å². The third kappa shape index (κ3) is 4.58. The van der Waals surface area contributed by atoms with E-state index in [1.807, 2.05) is 13.1 Å². The van der Waals surface area contributed by atoms with E-state index in [0.717, 1.165) is 30.0 Å². The third-order valence-corrected chi connectivity index (χ3v) is 4.06. The summed E-state index contributed by atoms with van der Waals surface area (Å²) < 4.78 is 0. The molecule has 0 aliphatic heterocycles. The Kier molecular flexibility index (Phi) is 6.92. The van der Waals surface area contributed by atoms with E-state index in [9.17, 15) is 4.79 Å². The molecule has 0 aliphatic carbocycles. The standard InChI is InChI=1S/C15H19N3OS.ClH/c1-4-11-6-7-16-13(5-2)12(11)9-20-15-17-10(3)8-14(19)18-15;/h6-8H,4-5,9H2,1-3H3,(H,17,18,19);1H. The Morgan fingerprint density at radius 1 is 1.29 bits per heavy atom. The van der Waals surface area contributed by atoms with Crippen LogP contribution in [0.15, 0.2) is 28.3 Å². The van der Waals surface area contributed by atoms with Crippen LogP contribution in [0.4, 0.5) is 0 Å². The Labute approximate surface area is 135 Å². The highest BCUT2D eigenvalue weighted by Gasteiger charge is 2.09. The Hall–Kier alpha value is -1.33. The number of thioether (sulfide) groups is 1. The molecule has 0 spiro atoms. The van der Waals surface area contributed by atoms with Gasteiger partial charge in [0, 0.05) is 29.4 Å². The van der Waals surface area contributed by atoms with Crippen molar-refractivity contribution in [1.82, 2.24) is 15.0 Å². The molecular formula is C15H20ClN3OS. The fourth-order valence-corrected chi connectivity index (χ4v) is 3.17. The Balaban J connectivity index is 0.00000220. The first kappa shape index (κ1) is 17.7. The van der Waals surface area contributed by atoms with Gasteiger partial charge in [-0.3, -0.25) is 9.78 Å². The molecule has 4 nitrogen and oxygen atoms in total. The van der Waals surface area contributed by atoms with Gasteiger partial charge in [0.15, 0.2) is 5.16 Å². The van der Waals surface area contributed by atoms with Crippen LogP contribution in [-0.4, -0.2) is 15.0 Å². The maximum Gasteiger partial charge on any atom is 0.251 e. The van der Waals surface area contributed by atoms with Crippen molar-refractivity contribution >= 4 is 24.2 Å². The van der Waals surface area contributed by atoms with Gasteiger partial charge < -0.3 is 4.98 Å². The average Bonchev–Trinajstić information content (AvgIpc) is 2.43. The van der Waals surface area contributed by atoms with E-state index in [-0.39, 0.29) is 18.0 Å². The number of pyridine rings is 1. The summed E-state index contributed by atoms with van der Waals surface area (Å²) in [6, 6.07) is 3.57. The zero-order valence-electron chi connectivity index (χ0n) is 12.5. The number of rotatable bonds is 5. The topological polar surface area (TPSA) is 58.6 Å². The van der Waals surface area contributed by atoms with Crippen LogP contribution in [-0.2, 0) is 18.6 Å². The summed E-state index contributed by atoms with van der Waals surface area (Å²) in [6.07, 6.45) is 3.78. The molecule has 2 aromatic heterocycles. The minimum Gasteiger partial charge on any atom is -0.301 e. The molecule has 2 heterocycles. The van der Waals surface area contributed by atoms with Crippen molar-refractivity contribution in [1.29, 1.82) is 0 Å². The van der Waals surface area contributed by atoms with Crippen LogP contribution in [0.2, 0.25) is 0 Å². The highest BCUT2D eigenvalue weighted by atomic mass is 35.5. The molecule has 0 aromatic carbocycles. The molecule has 0 saturated heterocycles. The zero-order chi connectivity index (χ0) is 14.5. The van der Waals surface area contributed by atoms with Crippen LogP contribution in [0.5, 0.6) is 0 Å². The van der Waals surface area contributed by atoms with Crippen molar-refractivity contribution in [2.45, 2.75) is 44.5 Å². The first-order valence-corrected chi connectivity index (χ1v) is 7.79. The number of halogens is 1. The van der Waals surface area contributed by atoms with E-state index in [0.29, 0.717) is 5.16 Å². The summed E-state index contributed by atoms with van der Waals surface area (Å²) in [4.78, 5) is 23.0. The molecule has 0 saturated carbocycles. The van der Waals surface area contributed by atoms with E-state index >= 15 is 0 Å². The summed E-state index contributed by atoms with van der Waals surface area (Å²) in [7, 11) is 0. The van der Waals surface area contributed by atoms with E-state index in [4.69, 9.17) is 0 Å². The SMILES string of the molecule is CCc1ccnc(CC)c1CSc1nc(C)cc(=O)[nH]1.Cl. The van der Waals surface area contributed by atoms with E-state index < -0.39 is 0 Å². The molecule has 0 fully saturated rings. The van der Waals surface area contributed by atoms with Crippen LogP contribution >= 0.6 is 24.2 Å². The van der Waals surface area contributed by atoms with E-state index in [1.165, 1.54) is 17.2 Å². The minimum atomic E-state index is -0.0994. The van der Waals surface area contributed by atoms with Crippen LogP contribution in [0.1, 0.15) is 36.4 Å². The summed E-state index contributed by atoms with van der Waals surface area (Å²) in [5, 5.41) is 0.669. The maximum absolute atomic E-state index is 11.4. The van der Waals surface area contributed by atoms with Crippen molar-refractivity contribution in [2.24, 2.45) is 0 Å². The van der Waals surface area contributed by atoms with Crippen molar-refractivity contribution in [2.75, 3.05) is 0 Å². The molecular weight excluding hydrogens is 306 g/mol. The molecule has 6 heteroatoms. The Morgan fingerprint density at radius 3 is 2.67 bits per heavy atom. The summed E-state index contributed by atoms with van der Waals surface area (Å²) in [5.74, 6) is 0.784. The predicted molar refractivity (Wildman–Crippen MR) is 89.4 cm³/mol. The quantitative estimate of drug-likeness (QED) is 0.677. The molecule has 0 aliphatic rings. The number of hydrogen-bond donors (Lipinski definition) is 1. The van der Waals surface area contributed by atoms with Crippen LogP contribution < -0.4 is 5.56 Å². The van der Waals surface area contributed by atoms with Gasteiger partial charge in [0.1, 0.15) is 0 Å². The predicted octanol–water partition coefficient (Wildman–Crippen LogP) is 3.31. The number of nitrogens with one attached hydrogen (secondary N) is 1. The first-order chi connectivity index (χ1) is 9.63. The highest BCUT2D eigenvalue weighted by Crippen LogP contribution is 2.23. The van der Waals surface area contributed by atoms with E-state index in [2.05, 4.69) is 34.9 Å². The fourth-order valence-electron chi connectivity index (χ4n) is 2.15. The number of aromatic nitrogens is 3. The Morgan fingerprint density at radius 2 is 2.05 bits per heavy atom. The van der Waals surface area contributed by atoms with Crippen molar-refractivity contribution < 1.29 is 0 Å². The highest BCUT2D eigenvalue weighted by molar-refractivity contribution is 7.98. The van der Waals surface area contributed by atoms with Gasteiger partial charge in [-0.25, -0.2) is 4.98 Å². The van der Waals surface area contributed by atoms with E-state index in [1.54, 1.807) is 11.8 Å². The molecule has 21 heavy (non-hydrogen) atoms. The molecule has 0 radical (unpaired) electrons. The second-order valence-electron chi connectivity index (χ2n) is 4.58. The number of aromatic amines is 1. The molecule has 0 bridgehead atoms. The van der Waals surface area contributed by atoms with Crippen LogP contribution in [0, 0.1) is 6.92 Å². The number of H-pyrrole nitrogens is 1. The lowest BCUT2D eigenvalue weighted by Crippen LogP contribution is -2.08. The van der Waals surface area contributed by atoms with Gasteiger partial charge in [0.05, 0.1) is 0 Å². The second kappa shape index (κ2) is 8.20. The summed E-state index contributed by atoms with van der Waals surface area (Å²) >= 11 is 1.55. The van der Waals surface area contributed by atoms with Crippen molar-refractivity contribution in [3.05, 3.63) is 51.2 Å². The smallest absolute Gasteiger partial charge is 0.251 e. The molecule has 0 unspecified atom stereocenters. The lowest BCUT2D eigenvalue weighted by atomic mass is 10.0. The molecule has 0 amide bonds. The second-order valence-corrected chi connectivity index (χ2v) is 5.55. The van der Waals surface area contributed by atoms with Crippen molar-refractivity contribution in [3.8, 4) is 0 Å². The van der Waals surface area contributed by atoms with Crippen molar-refractivity contribution in [3.63, 3.8) is 0 Å². The van der Waals surface area contributed by atoms with Gasteiger partial charge >= 0.3 is 0 Å². The Bertz CT molecular complexity index is 635. The van der Waals surface area contributed by atoms with Gasteiger partial charge in [-0.2, -0.15) is 0 Å². The minimum absolute atomic E-state index is 0.